The van der Waals surface area contributed by atoms with E-state index in [1.807, 2.05) is 31.2 Å². The molecule has 3 aromatic rings. The summed E-state index contributed by atoms with van der Waals surface area (Å²) in [7, 11) is 0. The van der Waals surface area contributed by atoms with E-state index in [1.165, 1.54) is 15.8 Å². The predicted octanol–water partition coefficient (Wildman–Crippen LogP) is 3.96. The number of nitrogens with one attached hydrogen (secondary N) is 1. The summed E-state index contributed by atoms with van der Waals surface area (Å²) in [5, 5.41) is 4.12. The van der Waals surface area contributed by atoms with Crippen molar-refractivity contribution < 1.29 is 9.53 Å². The molecule has 1 aromatic heterocycles. The molecule has 1 amide bonds. The number of fused-ring (bicyclic) bond motifs is 2. The maximum atomic E-state index is 12.6. The van der Waals surface area contributed by atoms with Crippen molar-refractivity contribution in [2.45, 2.75) is 45.8 Å². The van der Waals surface area contributed by atoms with Crippen molar-refractivity contribution in [3.63, 3.8) is 0 Å². The molecular weight excluding hydrogens is 344 g/mol. The van der Waals surface area contributed by atoms with Gasteiger partial charge in [-0.15, -0.1) is 11.3 Å². The van der Waals surface area contributed by atoms with Gasteiger partial charge < -0.3 is 10.1 Å². The number of ether oxygens (including phenoxy) is 1. The van der Waals surface area contributed by atoms with Gasteiger partial charge in [0.2, 0.25) is 0 Å². The van der Waals surface area contributed by atoms with E-state index in [0.29, 0.717) is 6.42 Å². The highest BCUT2D eigenvalue weighted by molar-refractivity contribution is 7.18. The number of aromatic nitrogens is 1. The zero-order chi connectivity index (χ0) is 18.3. The zero-order valence-corrected chi connectivity index (χ0v) is 16.0. The molecule has 4 nitrogen and oxygen atoms in total. The molecule has 134 valence electrons. The summed E-state index contributed by atoms with van der Waals surface area (Å²) in [4.78, 5) is 17.2. The largest absolute Gasteiger partial charge is 0.480 e. The van der Waals surface area contributed by atoms with Crippen LogP contribution in [0.1, 0.15) is 28.6 Å². The van der Waals surface area contributed by atoms with Crippen LogP contribution in [0, 0.1) is 13.8 Å². The Labute approximate surface area is 157 Å². The van der Waals surface area contributed by atoms with Crippen LogP contribution in [0.5, 0.6) is 5.75 Å². The number of hydrogen-bond acceptors (Lipinski definition) is 4. The fourth-order valence-corrected chi connectivity index (χ4v) is 4.41. The molecule has 5 heteroatoms. The number of thiazole rings is 1. The Morgan fingerprint density at radius 1 is 1.31 bits per heavy atom. The average Bonchev–Trinajstić information content (AvgIpc) is 3.18. The Morgan fingerprint density at radius 3 is 2.88 bits per heavy atom. The second kappa shape index (κ2) is 6.72. The molecule has 0 radical (unpaired) electrons. The van der Waals surface area contributed by atoms with E-state index in [1.54, 1.807) is 11.3 Å². The van der Waals surface area contributed by atoms with E-state index in [-0.39, 0.29) is 11.9 Å². The summed E-state index contributed by atoms with van der Waals surface area (Å²) in [5.41, 5.74) is 4.56. The predicted molar refractivity (Wildman–Crippen MR) is 105 cm³/mol. The molecule has 1 aliphatic heterocycles. The fraction of sp³-hybridized carbons (Fsp3) is 0.333. The van der Waals surface area contributed by atoms with E-state index >= 15 is 0 Å². The van der Waals surface area contributed by atoms with Crippen molar-refractivity contribution in [2.75, 3.05) is 0 Å². The van der Waals surface area contributed by atoms with E-state index in [4.69, 9.17) is 4.74 Å². The summed E-state index contributed by atoms with van der Waals surface area (Å²) in [6.45, 7) is 6.16. The van der Waals surface area contributed by atoms with Crippen LogP contribution in [0.25, 0.3) is 10.2 Å². The quantitative estimate of drug-likeness (QED) is 0.760. The van der Waals surface area contributed by atoms with Crippen LogP contribution in [0.3, 0.4) is 0 Å². The monoisotopic (exact) mass is 366 g/mol. The maximum Gasteiger partial charge on any atom is 0.261 e. The summed E-state index contributed by atoms with van der Waals surface area (Å²) < 4.78 is 7.06. The minimum Gasteiger partial charge on any atom is -0.480 e. The third-order valence-electron chi connectivity index (χ3n) is 4.85. The van der Waals surface area contributed by atoms with Crippen LogP contribution in [0.15, 0.2) is 36.4 Å². The second-order valence-electron chi connectivity index (χ2n) is 7.04. The maximum absolute atomic E-state index is 12.6. The number of rotatable bonds is 4. The van der Waals surface area contributed by atoms with Gasteiger partial charge in [-0.3, -0.25) is 4.79 Å². The van der Waals surface area contributed by atoms with Gasteiger partial charge in [-0.25, -0.2) is 4.98 Å². The molecule has 0 bridgehead atoms. The summed E-state index contributed by atoms with van der Waals surface area (Å²) in [6, 6.07) is 12.3. The lowest BCUT2D eigenvalue weighted by Gasteiger charge is -2.16. The number of carbonyl (C=O) groups is 1. The first-order valence-electron chi connectivity index (χ1n) is 8.91. The number of para-hydroxylation sites is 1. The highest BCUT2D eigenvalue weighted by Crippen LogP contribution is 2.31. The Hall–Kier alpha value is -2.40. The number of benzene rings is 2. The van der Waals surface area contributed by atoms with Gasteiger partial charge in [0.15, 0.2) is 6.10 Å². The summed E-state index contributed by atoms with van der Waals surface area (Å²) >= 11 is 1.68. The molecule has 0 aliphatic carbocycles. The van der Waals surface area contributed by atoms with Crippen LogP contribution < -0.4 is 10.1 Å². The molecule has 2 aromatic carbocycles. The van der Waals surface area contributed by atoms with E-state index in [2.05, 4.69) is 36.3 Å². The van der Waals surface area contributed by atoms with Crippen molar-refractivity contribution in [1.82, 2.24) is 10.3 Å². The molecule has 4 rings (SSSR count). The third-order valence-corrected chi connectivity index (χ3v) is 5.91. The lowest BCUT2D eigenvalue weighted by molar-refractivity contribution is -0.127. The first kappa shape index (κ1) is 17.0. The van der Waals surface area contributed by atoms with Gasteiger partial charge >= 0.3 is 0 Å². The van der Waals surface area contributed by atoms with E-state index < -0.39 is 6.10 Å². The van der Waals surface area contributed by atoms with Crippen LogP contribution in [0.4, 0.5) is 0 Å². The summed E-state index contributed by atoms with van der Waals surface area (Å²) in [5.74, 6) is 0.789. The molecule has 26 heavy (non-hydrogen) atoms. The second-order valence-corrected chi connectivity index (χ2v) is 8.16. The topological polar surface area (TPSA) is 51.2 Å². The van der Waals surface area contributed by atoms with Gasteiger partial charge in [0.1, 0.15) is 5.75 Å². The first-order valence-corrected chi connectivity index (χ1v) is 9.73. The summed E-state index contributed by atoms with van der Waals surface area (Å²) in [6.07, 6.45) is 0.920. The lowest BCUT2D eigenvalue weighted by Crippen LogP contribution is -2.42. The smallest absolute Gasteiger partial charge is 0.261 e. The number of nitrogens with zero attached hydrogens (tertiary/aromatic N) is 1. The minimum atomic E-state index is -0.441. The number of hydrogen-bond donors (Lipinski definition) is 1. The molecule has 1 aliphatic rings. The third kappa shape index (κ3) is 3.31. The van der Waals surface area contributed by atoms with Crippen molar-refractivity contribution in [1.29, 1.82) is 0 Å². The SMILES string of the molecule is Cc1cc2c(cc1C)O[C@@H](C(=O)N[C@@H](C)Cc1nc3ccccc3s1)C2. The van der Waals surface area contributed by atoms with Crippen LogP contribution in [0.2, 0.25) is 0 Å². The normalized spacial score (nSPS) is 17.0. The first-order chi connectivity index (χ1) is 12.5. The molecule has 0 saturated heterocycles. The van der Waals surface area contributed by atoms with Gasteiger partial charge in [0, 0.05) is 18.9 Å². The van der Waals surface area contributed by atoms with Gasteiger partial charge in [-0.05, 0) is 55.7 Å². The molecule has 1 N–H and O–H groups in total. The van der Waals surface area contributed by atoms with Gasteiger partial charge in [0.05, 0.1) is 15.2 Å². The Balaban J connectivity index is 1.38. The highest BCUT2D eigenvalue weighted by atomic mass is 32.1. The molecule has 0 unspecified atom stereocenters. The molecule has 0 spiro atoms. The number of amides is 1. The lowest BCUT2D eigenvalue weighted by atomic mass is 10.0. The number of carbonyl (C=O) groups excluding carboxylic acids is 1. The Kier molecular flexibility index (Phi) is 4.41. The Morgan fingerprint density at radius 2 is 2.08 bits per heavy atom. The zero-order valence-electron chi connectivity index (χ0n) is 15.2. The van der Waals surface area contributed by atoms with Crippen molar-refractivity contribution in [2.24, 2.45) is 0 Å². The molecule has 2 heterocycles. The average molecular weight is 366 g/mol. The van der Waals surface area contributed by atoms with Crippen molar-refractivity contribution in [3.8, 4) is 5.75 Å². The standard InChI is InChI=1S/C21H22N2O2S/c1-12-8-15-11-18(25-17(15)9-13(12)2)21(24)22-14(3)10-20-23-16-6-4-5-7-19(16)26-20/h4-9,14,18H,10-11H2,1-3H3,(H,22,24)/t14-,18+/m0/s1. The van der Waals surface area contributed by atoms with Gasteiger partial charge in [-0.2, -0.15) is 0 Å². The minimum absolute atomic E-state index is 0.0128. The number of aryl methyl sites for hydroxylation is 2. The molecule has 2 atom stereocenters. The van der Waals surface area contributed by atoms with Gasteiger partial charge in [-0.1, -0.05) is 18.2 Å². The van der Waals surface area contributed by atoms with Crippen LogP contribution >= 0.6 is 11.3 Å². The van der Waals surface area contributed by atoms with E-state index in [0.717, 1.165) is 28.3 Å². The highest BCUT2D eigenvalue weighted by Gasteiger charge is 2.30. The van der Waals surface area contributed by atoms with Crippen LogP contribution in [-0.2, 0) is 17.6 Å². The van der Waals surface area contributed by atoms with Crippen molar-refractivity contribution >= 4 is 27.5 Å². The van der Waals surface area contributed by atoms with Crippen LogP contribution in [-0.4, -0.2) is 23.0 Å². The van der Waals surface area contributed by atoms with E-state index in [9.17, 15) is 4.79 Å². The van der Waals surface area contributed by atoms with Gasteiger partial charge in [0.25, 0.3) is 5.91 Å². The molecule has 0 fully saturated rings. The Bertz CT molecular complexity index is 915. The fourth-order valence-electron chi connectivity index (χ4n) is 3.32. The molecular formula is C21H22N2O2S. The van der Waals surface area contributed by atoms with Crippen molar-refractivity contribution in [3.05, 3.63) is 58.1 Å². The molecule has 0 saturated carbocycles.